The number of carbonyl (C=O) groups excluding carboxylic acids is 1. The molecule has 0 unspecified atom stereocenters. The lowest BCUT2D eigenvalue weighted by atomic mass is 10.1. The standard InChI is InChI=1S/C26H23N3O3/c1-2-31-25(30)13-14-29-22-10-6-5-9-21(22)17-23(29)26-27-24(28-32-26)16-18-11-12-19-7-3-4-8-20(19)15-18/h3-12,15,17H,2,13-14,16H2,1H3. The van der Waals surface area contributed by atoms with Gasteiger partial charge in [0, 0.05) is 23.9 Å². The van der Waals surface area contributed by atoms with Crippen LogP contribution >= 0.6 is 0 Å². The van der Waals surface area contributed by atoms with Crippen molar-refractivity contribution in [1.29, 1.82) is 0 Å². The summed E-state index contributed by atoms with van der Waals surface area (Å²) in [6.45, 7) is 2.66. The Kier molecular flexibility index (Phi) is 5.42. The van der Waals surface area contributed by atoms with Gasteiger partial charge in [-0.2, -0.15) is 4.98 Å². The summed E-state index contributed by atoms with van der Waals surface area (Å²) in [4.78, 5) is 16.6. The number of hydrogen-bond donors (Lipinski definition) is 0. The monoisotopic (exact) mass is 425 g/mol. The van der Waals surface area contributed by atoms with Crippen molar-refractivity contribution in [3.63, 3.8) is 0 Å². The quantitative estimate of drug-likeness (QED) is 0.327. The molecule has 32 heavy (non-hydrogen) atoms. The number of rotatable bonds is 7. The van der Waals surface area contributed by atoms with Crippen LogP contribution < -0.4 is 0 Å². The number of aryl methyl sites for hydroxylation is 1. The summed E-state index contributed by atoms with van der Waals surface area (Å²) in [6, 6.07) is 24.7. The van der Waals surface area contributed by atoms with Crippen LogP contribution in [0.2, 0.25) is 0 Å². The molecule has 0 N–H and O–H groups in total. The predicted octanol–water partition coefficient (Wildman–Crippen LogP) is 5.39. The minimum Gasteiger partial charge on any atom is -0.466 e. The van der Waals surface area contributed by atoms with Crippen LogP contribution in [-0.4, -0.2) is 27.3 Å². The van der Waals surface area contributed by atoms with Gasteiger partial charge in [0.1, 0.15) is 5.69 Å². The summed E-state index contributed by atoms with van der Waals surface area (Å²) >= 11 is 0. The fourth-order valence-corrected chi connectivity index (χ4v) is 4.03. The number of nitrogens with zero attached hydrogens (tertiary/aromatic N) is 3. The van der Waals surface area contributed by atoms with Crippen molar-refractivity contribution in [2.45, 2.75) is 26.3 Å². The van der Waals surface area contributed by atoms with Gasteiger partial charge in [-0.05, 0) is 35.4 Å². The summed E-state index contributed by atoms with van der Waals surface area (Å²) < 4.78 is 12.8. The SMILES string of the molecule is CCOC(=O)CCn1c(-c2nc(Cc3ccc4ccccc4c3)no2)cc2ccccc21. The van der Waals surface area contributed by atoms with Gasteiger partial charge in [0.2, 0.25) is 0 Å². The molecule has 0 bridgehead atoms. The fourth-order valence-electron chi connectivity index (χ4n) is 4.03. The number of fused-ring (bicyclic) bond motifs is 2. The van der Waals surface area contributed by atoms with Gasteiger partial charge in [-0.25, -0.2) is 0 Å². The Hall–Kier alpha value is -3.93. The second kappa shape index (κ2) is 8.67. The molecule has 5 aromatic rings. The first-order chi connectivity index (χ1) is 15.7. The van der Waals surface area contributed by atoms with E-state index in [-0.39, 0.29) is 12.4 Å². The highest BCUT2D eigenvalue weighted by molar-refractivity contribution is 5.86. The maximum atomic E-state index is 11.9. The second-order valence-electron chi connectivity index (χ2n) is 7.67. The lowest BCUT2D eigenvalue weighted by Gasteiger charge is -2.08. The van der Waals surface area contributed by atoms with Crippen LogP contribution in [0.25, 0.3) is 33.3 Å². The molecule has 2 heterocycles. The van der Waals surface area contributed by atoms with Crippen LogP contribution in [0.1, 0.15) is 24.7 Å². The van der Waals surface area contributed by atoms with Gasteiger partial charge in [-0.1, -0.05) is 65.8 Å². The molecule has 0 radical (unpaired) electrons. The van der Waals surface area contributed by atoms with Crippen molar-refractivity contribution in [2.75, 3.05) is 6.61 Å². The van der Waals surface area contributed by atoms with E-state index in [9.17, 15) is 4.79 Å². The van der Waals surface area contributed by atoms with Gasteiger partial charge >= 0.3 is 5.97 Å². The third-order valence-corrected chi connectivity index (χ3v) is 5.52. The summed E-state index contributed by atoms with van der Waals surface area (Å²) in [5, 5.41) is 7.66. The first-order valence-corrected chi connectivity index (χ1v) is 10.8. The number of hydrogen-bond acceptors (Lipinski definition) is 5. The molecule has 3 aromatic carbocycles. The number of ether oxygens (including phenoxy) is 1. The van der Waals surface area contributed by atoms with Crippen LogP contribution in [0.5, 0.6) is 0 Å². The van der Waals surface area contributed by atoms with Gasteiger partial charge in [0.15, 0.2) is 5.82 Å². The molecule has 0 spiro atoms. The van der Waals surface area contributed by atoms with E-state index < -0.39 is 0 Å². The van der Waals surface area contributed by atoms with Crippen molar-refractivity contribution in [3.8, 4) is 11.6 Å². The second-order valence-corrected chi connectivity index (χ2v) is 7.67. The zero-order valence-corrected chi connectivity index (χ0v) is 17.8. The number of aromatic nitrogens is 3. The molecule has 0 aliphatic carbocycles. The Morgan fingerprint density at radius 3 is 2.59 bits per heavy atom. The first-order valence-electron chi connectivity index (χ1n) is 10.8. The normalized spacial score (nSPS) is 11.3. The Morgan fingerprint density at radius 2 is 1.75 bits per heavy atom. The molecule has 0 atom stereocenters. The zero-order chi connectivity index (χ0) is 21.9. The lowest BCUT2D eigenvalue weighted by Crippen LogP contribution is -2.09. The molecule has 6 nitrogen and oxygen atoms in total. The number of esters is 1. The van der Waals surface area contributed by atoms with E-state index in [0.29, 0.717) is 31.3 Å². The molecule has 2 aromatic heterocycles. The fraction of sp³-hybridized carbons (Fsp3) is 0.192. The Balaban J connectivity index is 1.44. The summed E-state index contributed by atoms with van der Waals surface area (Å²) in [5.74, 6) is 0.845. The molecular weight excluding hydrogens is 402 g/mol. The van der Waals surface area contributed by atoms with E-state index in [1.807, 2.05) is 54.0 Å². The van der Waals surface area contributed by atoms with E-state index >= 15 is 0 Å². The minimum absolute atomic E-state index is 0.223. The van der Waals surface area contributed by atoms with E-state index in [0.717, 1.165) is 22.2 Å². The maximum absolute atomic E-state index is 11.9. The van der Waals surface area contributed by atoms with Crippen molar-refractivity contribution in [2.24, 2.45) is 0 Å². The Morgan fingerprint density at radius 1 is 0.969 bits per heavy atom. The van der Waals surface area contributed by atoms with Gasteiger partial charge in [-0.3, -0.25) is 4.79 Å². The molecule has 6 heteroatoms. The predicted molar refractivity (Wildman–Crippen MR) is 123 cm³/mol. The smallest absolute Gasteiger partial charge is 0.307 e. The molecular formula is C26H23N3O3. The molecule has 0 saturated heterocycles. The summed E-state index contributed by atoms with van der Waals surface area (Å²) in [7, 11) is 0. The molecule has 5 rings (SSSR count). The zero-order valence-electron chi connectivity index (χ0n) is 17.8. The van der Waals surface area contributed by atoms with Gasteiger partial charge in [0.25, 0.3) is 5.89 Å². The summed E-state index contributed by atoms with van der Waals surface area (Å²) in [6.07, 6.45) is 0.856. The van der Waals surface area contributed by atoms with Gasteiger partial charge in [-0.15, -0.1) is 0 Å². The molecule has 0 saturated carbocycles. The molecule has 0 aliphatic heterocycles. The number of para-hydroxylation sites is 1. The van der Waals surface area contributed by atoms with E-state index in [4.69, 9.17) is 9.26 Å². The van der Waals surface area contributed by atoms with E-state index in [1.54, 1.807) is 0 Å². The van der Waals surface area contributed by atoms with E-state index in [1.165, 1.54) is 10.8 Å². The van der Waals surface area contributed by atoms with E-state index in [2.05, 4.69) is 40.5 Å². The van der Waals surface area contributed by atoms with Crippen molar-refractivity contribution >= 4 is 27.6 Å². The van der Waals surface area contributed by atoms with Crippen LogP contribution in [-0.2, 0) is 22.5 Å². The maximum Gasteiger partial charge on any atom is 0.307 e. The highest BCUT2D eigenvalue weighted by Crippen LogP contribution is 2.28. The average Bonchev–Trinajstić information content (AvgIpc) is 3.42. The first kappa shape index (κ1) is 20.0. The molecule has 0 aliphatic rings. The molecule has 0 amide bonds. The average molecular weight is 425 g/mol. The summed E-state index contributed by atoms with van der Waals surface area (Å²) in [5.41, 5.74) is 2.94. The number of benzene rings is 3. The van der Waals surface area contributed by atoms with Crippen molar-refractivity contribution < 1.29 is 14.1 Å². The van der Waals surface area contributed by atoms with Gasteiger partial charge in [0.05, 0.1) is 13.0 Å². The van der Waals surface area contributed by atoms with Crippen molar-refractivity contribution in [3.05, 3.63) is 84.2 Å². The third-order valence-electron chi connectivity index (χ3n) is 5.52. The molecule has 160 valence electrons. The Bertz CT molecular complexity index is 1400. The molecule has 0 fully saturated rings. The largest absolute Gasteiger partial charge is 0.466 e. The van der Waals surface area contributed by atoms with Gasteiger partial charge < -0.3 is 13.8 Å². The highest BCUT2D eigenvalue weighted by Gasteiger charge is 2.18. The van der Waals surface area contributed by atoms with Crippen LogP contribution in [0.15, 0.2) is 77.3 Å². The highest BCUT2D eigenvalue weighted by atomic mass is 16.5. The number of carbonyl (C=O) groups is 1. The van der Waals surface area contributed by atoms with Crippen LogP contribution in [0.4, 0.5) is 0 Å². The minimum atomic E-state index is -0.223. The topological polar surface area (TPSA) is 70.2 Å². The van der Waals surface area contributed by atoms with Crippen LogP contribution in [0.3, 0.4) is 0 Å². The lowest BCUT2D eigenvalue weighted by molar-refractivity contribution is -0.143. The third kappa shape index (κ3) is 3.99. The van der Waals surface area contributed by atoms with Crippen molar-refractivity contribution in [1.82, 2.24) is 14.7 Å². The Labute approximate surface area is 185 Å². The van der Waals surface area contributed by atoms with Crippen LogP contribution in [0, 0.1) is 0 Å².